The van der Waals surface area contributed by atoms with Crippen LogP contribution in [0.3, 0.4) is 0 Å². The molecule has 2 aliphatic rings. The second kappa shape index (κ2) is 11.3. The van der Waals surface area contributed by atoms with Crippen molar-refractivity contribution in [1.29, 1.82) is 0 Å². The fraction of sp³-hybridized carbons (Fsp3) is 0.429. The minimum Gasteiger partial charge on any atom is -0.353 e. The molecule has 35 heavy (non-hydrogen) atoms. The van der Waals surface area contributed by atoms with Crippen molar-refractivity contribution in [1.82, 2.24) is 14.6 Å². The molecule has 5 rings (SSSR count). The standard InChI is InChI=1S/C28H33FN4OS/c29-24-11-12-25-26(18-24)35-31-28(25)33-16-14-32(15-17-33)20-23-9-5-4-8-22(23)19-30-27(34)13-10-21-6-2-1-3-7-21/h1-3,6-7,10-13,18,22-23H,4-5,8-9,14-17,19-20H2,(H,30,34)/b13-10+/t22-,23-/m0/s1. The van der Waals surface area contributed by atoms with Crippen molar-refractivity contribution in [3.8, 4) is 0 Å². The topological polar surface area (TPSA) is 48.5 Å². The number of carbonyl (C=O) groups excluding carboxylic acids is 1. The van der Waals surface area contributed by atoms with Gasteiger partial charge in [-0.05, 0) is 66.0 Å². The number of hydrogen-bond donors (Lipinski definition) is 1. The molecule has 2 atom stereocenters. The lowest BCUT2D eigenvalue weighted by Crippen LogP contribution is -2.49. The number of amides is 1. The third-order valence-electron chi connectivity index (χ3n) is 7.41. The van der Waals surface area contributed by atoms with Crippen LogP contribution < -0.4 is 10.2 Å². The molecule has 2 heterocycles. The number of hydrogen-bond acceptors (Lipinski definition) is 5. The number of piperazine rings is 1. The second-order valence-electron chi connectivity index (χ2n) is 9.73. The van der Waals surface area contributed by atoms with E-state index in [0.717, 1.165) is 60.7 Å². The maximum absolute atomic E-state index is 13.5. The molecule has 0 bridgehead atoms. The van der Waals surface area contributed by atoms with Crippen LogP contribution in [0.5, 0.6) is 0 Å². The molecule has 5 nitrogen and oxygen atoms in total. The van der Waals surface area contributed by atoms with Crippen LogP contribution in [-0.2, 0) is 4.79 Å². The maximum atomic E-state index is 13.5. The van der Waals surface area contributed by atoms with Crippen molar-refractivity contribution >= 4 is 39.4 Å². The van der Waals surface area contributed by atoms with Gasteiger partial charge in [0.05, 0.1) is 4.70 Å². The van der Waals surface area contributed by atoms with Gasteiger partial charge in [0.15, 0.2) is 0 Å². The normalized spacial score (nSPS) is 21.6. The average molecular weight is 493 g/mol. The Morgan fingerprint density at radius 2 is 1.83 bits per heavy atom. The van der Waals surface area contributed by atoms with Crippen LogP contribution in [-0.4, -0.2) is 54.4 Å². The summed E-state index contributed by atoms with van der Waals surface area (Å²) in [7, 11) is 0. The molecule has 1 saturated carbocycles. The van der Waals surface area contributed by atoms with Gasteiger partial charge in [0, 0.05) is 50.7 Å². The quantitative estimate of drug-likeness (QED) is 0.461. The summed E-state index contributed by atoms with van der Waals surface area (Å²) in [5.41, 5.74) is 1.04. The summed E-state index contributed by atoms with van der Waals surface area (Å²) in [5.74, 6) is 1.93. The highest BCUT2D eigenvalue weighted by molar-refractivity contribution is 7.13. The molecule has 1 aliphatic heterocycles. The molecule has 0 radical (unpaired) electrons. The van der Waals surface area contributed by atoms with E-state index in [0.29, 0.717) is 11.8 Å². The fourth-order valence-corrected chi connectivity index (χ4v) is 6.24. The molecule has 1 N–H and O–H groups in total. The Balaban J connectivity index is 1.11. The number of fused-ring (bicyclic) bond motifs is 1. The molecule has 1 aromatic heterocycles. The van der Waals surface area contributed by atoms with E-state index in [4.69, 9.17) is 0 Å². The highest BCUT2D eigenvalue weighted by Crippen LogP contribution is 2.33. The first-order valence-electron chi connectivity index (χ1n) is 12.7. The zero-order valence-corrected chi connectivity index (χ0v) is 20.9. The highest BCUT2D eigenvalue weighted by Gasteiger charge is 2.29. The number of halogens is 1. The van der Waals surface area contributed by atoms with Crippen LogP contribution in [0.25, 0.3) is 16.2 Å². The molecule has 184 valence electrons. The van der Waals surface area contributed by atoms with Crippen molar-refractivity contribution in [2.75, 3.05) is 44.2 Å². The Kier molecular flexibility index (Phi) is 7.74. The van der Waals surface area contributed by atoms with Crippen molar-refractivity contribution in [2.45, 2.75) is 25.7 Å². The van der Waals surface area contributed by atoms with E-state index in [2.05, 4.69) is 19.5 Å². The molecular weight excluding hydrogens is 459 g/mol. The smallest absolute Gasteiger partial charge is 0.244 e. The molecule has 1 aliphatic carbocycles. The van der Waals surface area contributed by atoms with Crippen LogP contribution in [0.15, 0.2) is 54.6 Å². The molecule has 2 fully saturated rings. The molecule has 2 aromatic carbocycles. The zero-order valence-electron chi connectivity index (χ0n) is 20.0. The van der Waals surface area contributed by atoms with Gasteiger partial charge in [0.1, 0.15) is 11.6 Å². The van der Waals surface area contributed by atoms with Gasteiger partial charge in [0.2, 0.25) is 5.91 Å². The summed E-state index contributed by atoms with van der Waals surface area (Å²) in [6.45, 7) is 5.75. The van der Waals surface area contributed by atoms with Crippen molar-refractivity contribution in [3.63, 3.8) is 0 Å². The molecule has 7 heteroatoms. The zero-order chi connectivity index (χ0) is 24.0. The Bertz CT molecular complexity index is 1160. The van der Waals surface area contributed by atoms with Crippen LogP contribution in [0.1, 0.15) is 31.2 Å². The number of benzene rings is 2. The lowest BCUT2D eigenvalue weighted by Gasteiger charge is -2.40. The average Bonchev–Trinajstić information content (AvgIpc) is 3.31. The summed E-state index contributed by atoms with van der Waals surface area (Å²) in [5, 5.41) is 4.20. The summed E-state index contributed by atoms with van der Waals surface area (Å²) in [6, 6.07) is 14.9. The number of nitrogens with zero attached hydrogens (tertiary/aromatic N) is 3. The number of nitrogens with one attached hydrogen (secondary N) is 1. The van der Waals surface area contributed by atoms with Gasteiger partial charge in [-0.2, -0.15) is 4.37 Å². The fourth-order valence-electron chi connectivity index (χ4n) is 5.42. The van der Waals surface area contributed by atoms with E-state index >= 15 is 0 Å². The van der Waals surface area contributed by atoms with Gasteiger partial charge in [-0.25, -0.2) is 4.39 Å². The SMILES string of the molecule is O=C(/C=C/c1ccccc1)NC[C@@H]1CCCC[C@H]1CN1CCN(c2nsc3cc(F)ccc23)CC1. The highest BCUT2D eigenvalue weighted by atomic mass is 32.1. The van der Waals surface area contributed by atoms with E-state index in [1.54, 1.807) is 12.1 Å². The van der Waals surface area contributed by atoms with Gasteiger partial charge >= 0.3 is 0 Å². The Hall–Kier alpha value is -2.77. The minimum atomic E-state index is -0.206. The molecule has 3 aromatic rings. The molecular formula is C28H33FN4OS. The van der Waals surface area contributed by atoms with Crippen LogP contribution in [0.2, 0.25) is 0 Å². The lowest BCUT2D eigenvalue weighted by molar-refractivity contribution is -0.116. The Morgan fingerprint density at radius 3 is 2.63 bits per heavy atom. The van der Waals surface area contributed by atoms with Crippen molar-refractivity contribution in [3.05, 3.63) is 66.0 Å². The van der Waals surface area contributed by atoms with E-state index in [-0.39, 0.29) is 11.7 Å². The summed E-state index contributed by atoms with van der Waals surface area (Å²) < 4.78 is 19.1. The summed E-state index contributed by atoms with van der Waals surface area (Å²) >= 11 is 1.38. The van der Waals surface area contributed by atoms with E-state index < -0.39 is 0 Å². The van der Waals surface area contributed by atoms with E-state index in [9.17, 15) is 9.18 Å². The largest absolute Gasteiger partial charge is 0.353 e. The predicted molar refractivity (Wildman–Crippen MR) is 142 cm³/mol. The first kappa shape index (κ1) is 23.9. The third-order valence-corrected chi connectivity index (χ3v) is 8.21. The maximum Gasteiger partial charge on any atom is 0.244 e. The second-order valence-corrected chi connectivity index (χ2v) is 10.5. The van der Waals surface area contributed by atoms with Gasteiger partial charge in [0.25, 0.3) is 0 Å². The predicted octanol–water partition coefficient (Wildman–Crippen LogP) is 5.19. The monoisotopic (exact) mass is 492 g/mol. The van der Waals surface area contributed by atoms with Crippen LogP contribution in [0.4, 0.5) is 10.2 Å². The van der Waals surface area contributed by atoms with Gasteiger partial charge in [-0.15, -0.1) is 0 Å². The number of anilines is 1. The lowest BCUT2D eigenvalue weighted by atomic mass is 9.78. The Morgan fingerprint density at radius 1 is 1.06 bits per heavy atom. The van der Waals surface area contributed by atoms with Crippen molar-refractivity contribution in [2.24, 2.45) is 11.8 Å². The third kappa shape index (κ3) is 6.08. The van der Waals surface area contributed by atoms with Gasteiger partial charge < -0.3 is 10.2 Å². The first-order valence-corrected chi connectivity index (χ1v) is 13.5. The molecule has 0 unspecified atom stereocenters. The molecule has 1 saturated heterocycles. The summed E-state index contributed by atoms with van der Waals surface area (Å²) in [6.07, 6.45) is 8.47. The van der Waals surface area contributed by atoms with Crippen LogP contribution in [0, 0.1) is 17.7 Å². The number of carbonyl (C=O) groups is 1. The summed E-state index contributed by atoms with van der Waals surface area (Å²) in [4.78, 5) is 17.3. The minimum absolute atomic E-state index is 0.0119. The number of aromatic nitrogens is 1. The Labute approximate surface area is 210 Å². The molecule has 1 amide bonds. The number of rotatable bonds is 7. The first-order chi connectivity index (χ1) is 17.2. The van der Waals surface area contributed by atoms with E-state index in [1.807, 2.05) is 42.5 Å². The van der Waals surface area contributed by atoms with E-state index in [1.165, 1.54) is 43.3 Å². The molecule has 0 spiro atoms. The van der Waals surface area contributed by atoms with Crippen molar-refractivity contribution < 1.29 is 9.18 Å². The van der Waals surface area contributed by atoms with Crippen LogP contribution >= 0.6 is 11.5 Å². The van der Waals surface area contributed by atoms with Gasteiger partial charge in [-0.3, -0.25) is 9.69 Å². The van der Waals surface area contributed by atoms with Gasteiger partial charge in [-0.1, -0.05) is 43.2 Å².